The van der Waals surface area contributed by atoms with E-state index in [0.29, 0.717) is 0 Å². The number of ether oxygens (including phenoxy) is 1. The highest BCUT2D eigenvalue weighted by Gasteiger charge is 2.33. The highest BCUT2D eigenvalue weighted by molar-refractivity contribution is 5.93. The lowest BCUT2D eigenvalue weighted by Crippen LogP contribution is -2.19. The van der Waals surface area contributed by atoms with Crippen molar-refractivity contribution in [1.82, 2.24) is 5.10 Å². The zero-order valence-electron chi connectivity index (χ0n) is 5.17. The molecule has 0 saturated carbocycles. The number of nitrogens with zero attached hydrogens (tertiary/aromatic N) is 2. The Kier molecular flexibility index (Phi) is 1.93. The van der Waals surface area contributed by atoms with Crippen molar-refractivity contribution in [2.24, 2.45) is 5.10 Å². The van der Waals surface area contributed by atoms with Gasteiger partial charge in [0.05, 0.1) is 0 Å². The molecule has 0 aliphatic carbocycles. The molecular weight excluding hydrogens is 161 g/mol. The first kappa shape index (κ1) is 7.77. The zero-order chi connectivity index (χ0) is 8.32. The van der Waals surface area contributed by atoms with Crippen molar-refractivity contribution in [2.75, 3.05) is 0 Å². The Labute approximate surface area is 59.9 Å². The van der Waals surface area contributed by atoms with Gasteiger partial charge in [-0.05, 0) is 0 Å². The van der Waals surface area contributed by atoms with Crippen LogP contribution in [0, 0.1) is 0 Å². The molecule has 0 aromatic heterocycles. The summed E-state index contributed by atoms with van der Waals surface area (Å²) in [6.07, 6.45) is -1.08. The Morgan fingerprint density at radius 1 is 1.45 bits per heavy atom. The van der Waals surface area contributed by atoms with E-state index in [-0.39, 0.29) is 0 Å². The molecule has 1 aliphatic heterocycles. The maximum absolute atomic E-state index is 11.5. The van der Waals surface area contributed by atoms with Gasteiger partial charge in [0, 0.05) is 12.2 Å². The van der Waals surface area contributed by atoms with E-state index in [2.05, 4.69) is 14.9 Å². The summed E-state index contributed by atoms with van der Waals surface area (Å²) in [6.45, 7) is 0. The molecule has 0 aromatic carbocycles. The number of allylic oxidation sites excluding steroid dienone is 1. The fraction of sp³-hybridized carbons (Fsp3) is 0.200. The lowest BCUT2D eigenvalue weighted by Gasteiger charge is -2.04. The van der Waals surface area contributed by atoms with E-state index in [0.717, 1.165) is 6.08 Å². The van der Waals surface area contributed by atoms with Gasteiger partial charge >= 0.3 is 6.36 Å². The van der Waals surface area contributed by atoms with Crippen molar-refractivity contribution in [1.29, 1.82) is 0 Å². The quantitative estimate of drug-likeness (QED) is 0.521. The van der Waals surface area contributed by atoms with Gasteiger partial charge in [-0.3, -0.25) is 0 Å². The fourth-order valence-electron chi connectivity index (χ4n) is 0.460. The highest BCUT2D eigenvalue weighted by Crippen LogP contribution is 2.16. The van der Waals surface area contributed by atoms with E-state index in [1.807, 2.05) is 0 Å². The average Bonchev–Trinajstić information content (AvgIpc) is 1.85. The van der Waals surface area contributed by atoms with Crippen LogP contribution in [0.1, 0.15) is 0 Å². The third-order valence-corrected chi connectivity index (χ3v) is 0.768. The minimum atomic E-state index is -4.70. The van der Waals surface area contributed by atoms with Crippen molar-refractivity contribution in [3.63, 3.8) is 0 Å². The minimum Gasteiger partial charge on any atom is -0.382 e. The summed E-state index contributed by atoms with van der Waals surface area (Å²) < 4.78 is 37.8. The third kappa shape index (κ3) is 2.83. The summed E-state index contributed by atoms with van der Waals surface area (Å²) in [5.74, 6) is -0.556. The number of hydrogen-bond acceptors (Lipinski definition) is 3. The van der Waals surface area contributed by atoms with E-state index < -0.39 is 12.3 Å². The second-order valence-electron chi connectivity index (χ2n) is 1.61. The van der Waals surface area contributed by atoms with E-state index in [4.69, 9.17) is 0 Å². The molecule has 3 nitrogen and oxygen atoms in total. The van der Waals surface area contributed by atoms with Gasteiger partial charge in [-0.25, -0.2) is 0 Å². The van der Waals surface area contributed by atoms with Crippen LogP contribution < -0.4 is 5.10 Å². The van der Waals surface area contributed by atoms with E-state index in [1.54, 1.807) is 0 Å². The summed E-state index contributed by atoms with van der Waals surface area (Å²) in [4.78, 5) is 0. The fourth-order valence-corrected chi connectivity index (χ4v) is 0.460. The molecule has 1 radical (unpaired) electrons. The average molecular weight is 164 g/mol. The van der Waals surface area contributed by atoms with Crippen LogP contribution in [0.4, 0.5) is 13.2 Å². The third-order valence-electron chi connectivity index (χ3n) is 0.768. The van der Waals surface area contributed by atoms with Crippen LogP contribution in [-0.2, 0) is 4.74 Å². The lowest BCUT2D eigenvalue weighted by molar-refractivity contribution is -0.283. The molecular formula is C5H3F3N2O+. The molecule has 0 saturated heterocycles. The first-order valence-electron chi connectivity index (χ1n) is 2.61. The molecule has 1 heterocycles. The van der Waals surface area contributed by atoms with Crippen LogP contribution in [0.25, 0.3) is 0 Å². The van der Waals surface area contributed by atoms with Crippen LogP contribution in [-0.4, -0.2) is 18.5 Å². The Morgan fingerprint density at radius 3 is 2.64 bits per heavy atom. The van der Waals surface area contributed by atoms with Gasteiger partial charge in [0.1, 0.15) is 5.10 Å². The van der Waals surface area contributed by atoms with Gasteiger partial charge in [-0.2, -0.15) is 0 Å². The molecule has 0 unspecified atom stereocenters. The van der Waals surface area contributed by atoms with Crippen molar-refractivity contribution in [3.05, 3.63) is 12.2 Å². The molecule has 0 N–H and O–H groups in total. The topological polar surface area (TPSA) is 35.7 Å². The largest absolute Gasteiger partial charge is 0.574 e. The van der Waals surface area contributed by atoms with Gasteiger partial charge in [0.2, 0.25) is 5.10 Å². The molecule has 0 atom stereocenters. The normalized spacial score (nSPS) is 16.5. The summed E-state index contributed by atoms with van der Waals surface area (Å²) in [5, 5.41) is 6.27. The van der Waals surface area contributed by atoms with E-state index >= 15 is 0 Å². The van der Waals surface area contributed by atoms with Crippen LogP contribution in [0.15, 0.2) is 17.3 Å². The van der Waals surface area contributed by atoms with E-state index in [1.165, 1.54) is 12.3 Å². The van der Waals surface area contributed by atoms with E-state index in [9.17, 15) is 13.2 Å². The van der Waals surface area contributed by atoms with Crippen molar-refractivity contribution in [2.45, 2.75) is 6.36 Å². The molecule has 1 rings (SSSR count). The number of halogens is 3. The summed E-state index contributed by atoms with van der Waals surface area (Å²) in [6, 6.07) is 0. The molecule has 0 spiro atoms. The Hall–Kier alpha value is -1.33. The molecule has 0 fully saturated rings. The van der Waals surface area contributed by atoms with Crippen molar-refractivity contribution >= 4 is 12.1 Å². The number of hydrogen-bond donors (Lipinski definition) is 0. The maximum Gasteiger partial charge on any atom is 0.574 e. The first-order valence-corrected chi connectivity index (χ1v) is 2.61. The van der Waals surface area contributed by atoms with Gasteiger partial charge < -0.3 is 4.74 Å². The van der Waals surface area contributed by atoms with Crippen LogP contribution in [0.5, 0.6) is 0 Å². The summed E-state index contributed by atoms with van der Waals surface area (Å²) in [5.41, 5.74) is 0. The number of alkyl halides is 3. The molecule has 59 valence electrons. The van der Waals surface area contributed by atoms with Crippen molar-refractivity contribution < 1.29 is 17.9 Å². The molecule has 0 aromatic rings. The van der Waals surface area contributed by atoms with Crippen LogP contribution >= 0.6 is 0 Å². The maximum atomic E-state index is 11.5. The second-order valence-corrected chi connectivity index (χ2v) is 1.61. The predicted octanol–water partition coefficient (Wildman–Crippen LogP) is 0.813. The predicted molar refractivity (Wildman–Crippen MR) is 31.9 cm³/mol. The number of rotatable bonds is 0. The molecule has 11 heavy (non-hydrogen) atoms. The Balaban J connectivity index is 2.58. The molecule has 6 heteroatoms. The van der Waals surface area contributed by atoms with Gasteiger partial charge in [-0.15, -0.1) is 13.2 Å². The van der Waals surface area contributed by atoms with Crippen LogP contribution in [0.2, 0.25) is 0 Å². The zero-order valence-corrected chi connectivity index (χ0v) is 5.17. The first-order chi connectivity index (χ1) is 5.08. The van der Waals surface area contributed by atoms with Gasteiger partial charge in [0.15, 0.2) is 0 Å². The summed E-state index contributed by atoms with van der Waals surface area (Å²) in [7, 11) is 0. The second kappa shape index (κ2) is 2.73. The SMILES string of the molecule is FC(F)(F)OC1=N[N+]=CC=C1. The monoisotopic (exact) mass is 164 g/mol. The lowest BCUT2D eigenvalue weighted by atomic mass is 10.5. The van der Waals surface area contributed by atoms with Gasteiger partial charge in [0.25, 0.3) is 12.1 Å². The molecule has 1 aliphatic rings. The smallest absolute Gasteiger partial charge is 0.382 e. The standard InChI is InChI=1S/C5H3F3N2O/c6-5(7,8)11-4-2-1-3-9-10-4/h1-3H/q+1. The molecule has 0 amide bonds. The minimum absolute atomic E-state index is 0.556. The highest BCUT2D eigenvalue weighted by atomic mass is 19.4. The molecule has 0 bridgehead atoms. The van der Waals surface area contributed by atoms with Gasteiger partial charge in [-0.1, -0.05) is 0 Å². The Bertz CT molecular complexity index is 228. The van der Waals surface area contributed by atoms with Crippen molar-refractivity contribution in [3.8, 4) is 0 Å². The van der Waals surface area contributed by atoms with Crippen LogP contribution in [0.3, 0.4) is 0 Å². The Morgan fingerprint density at radius 2 is 2.18 bits per heavy atom. The summed E-state index contributed by atoms with van der Waals surface area (Å²) >= 11 is 0.